The van der Waals surface area contributed by atoms with E-state index in [1.54, 1.807) is 0 Å². The molecule has 1 atom stereocenters. The van der Waals surface area contributed by atoms with Gasteiger partial charge in [0, 0.05) is 5.56 Å². The summed E-state index contributed by atoms with van der Waals surface area (Å²) in [7, 11) is 0. The van der Waals surface area contributed by atoms with E-state index in [1.807, 2.05) is 67.6 Å². The van der Waals surface area contributed by atoms with Crippen molar-refractivity contribution in [2.45, 2.75) is 17.3 Å². The third-order valence-electron chi connectivity index (χ3n) is 3.60. The Bertz CT molecular complexity index is 952. The van der Waals surface area contributed by atoms with Crippen molar-refractivity contribution in [3.8, 4) is 11.4 Å². The van der Waals surface area contributed by atoms with Gasteiger partial charge in [-0.15, -0.1) is 5.10 Å². The van der Waals surface area contributed by atoms with Crippen LogP contribution in [0.1, 0.15) is 22.5 Å². The number of nitrogens with one attached hydrogen (secondary N) is 1. The number of benzene rings is 2. The average molecular weight is 349 g/mol. The zero-order chi connectivity index (χ0) is 17.1. The smallest absolute Gasteiger partial charge is 0.245 e. The van der Waals surface area contributed by atoms with Crippen molar-refractivity contribution in [2.24, 2.45) is 0 Å². The van der Waals surface area contributed by atoms with Crippen LogP contribution >= 0.6 is 11.8 Å². The number of hydrogen-bond acceptors (Lipinski definition) is 6. The van der Waals surface area contributed by atoms with E-state index in [2.05, 4.69) is 25.3 Å². The lowest BCUT2D eigenvalue weighted by atomic mass is 10.1. The molecule has 1 N–H and O–H groups in total. The summed E-state index contributed by atoms with van der Waals surface area (Å²) in [6.45, 7) is 1.87. The molecule has 7 heteroatoms. The summed E-state index contributed by atoms with van der Waals surface area (Å²) >= 11 is 1.47. The van der Waals surface area contributed by atoms with E-state index < -0.39 is 0 Å². The lowest BCUT2D eigenvalue weighted by molar-refractivity contribution is 0.384. The summed E-state index contributed by atoms with van der Waals surface area (Å²) in [5.74, 6) is 1.87. The van der Waals surface area contributed by atoms with Gasteiger partial charge in [0.25, 0.3) is 0 Å². The second-order valence-corrected chi connectivity index (χ2v) is 6.51. The topological polar surface area (TPSA) is 80.5 Å². The van der Waals surface area contributed by atoms with Crippen LogP contribution in [0.4, 0.5) is 0 Å². The molecule has 0 unspecified atom stereocenters. The highest BCUT2D eigenvalue weighted by atomic mass is 32.2. The molecule has 0 spiro atoms. The van der Waals surface area contributed by atoms with E-state index >= 15 is 0 Å². The van der Waals surface area contributed by atoms with E-state index in [4.69, 9.17) is 4.52 Å². The Kier molecular flexibility index (Phi) is 4.30. The molecule has 0 bridgehead atoms. The van der Waals surface area contributed by atoms with Gasteiger partial charge < -0.3 is 4.52 Å². The van der Waals surface area contributed by atoms with Crippen LogP contribution in [0.2, 0.25) is 0 Å². The Labute approximate surface area is 148 Å². The van der Waals surface area contributed by atoms with Gasteiger partial charge in [-0.05, 0) is 12.5 Å². The van der Waals surface area contributed by atoms with Crippen LogP contribution < -0.4 is 0 Å². The maximum atomic E-state index is 5.57. The molecule has 2 heterocycles. The largest absolute Gasteiger partial charge is 0.337 e. The van der Waals surface area contributed by atoms with Crippen molar-refractivity contribution in [3.05, 3.63) is 77.9 Å². The van der Waals surface area contributed by atoms with Crippen LogP contribution in [0, 0.1) is 6.92 Å². The Morgan fingerprint density at radius 3 is 2.36 bits per heavy atom. The molecular formula is C18H15N5OS. The summed E-state index contributed by atoms with van der Waals surface area (Å²) in [6, 6.07) is 19.8. The molecule has 0 saturated carbocycles. The van der Waals surface area contributed by atoms with Gasteiger partial charge in [0.05, 0.1) is 0 Å². The maximum absolute atomic E-state index is 5.57. The number of aromatic amines is 1. The average Bonchev–Trinajstić information content (AvgIpc) is 3.30. The van der Waals surface area contributed by atoms with Crippen molar-refractivity contribution in [3.63, 3.8) is 0 Å². The maximum Gasteiger partial charge on any atom is 0.245 e. The number of H-pyrrole nitrogens is 1. The van der Waals surface area contributed by atoms with E-state index in [0.717, 1.165) is 17.0 Å². The minimum Gasteiger partial charge on any atom is -0.337 e. The molecule has 0 radical (unpaired) electrons. The number of rotatable bonds is 5. The van der Waals surface area contributed by atoms with E-state index in [1.165, 1.54) is 11.8 Å². The highest BCUT2D eigenvalue weighted by Gasteiger charge is 2.24. The molecule has 6 nitrogen and oxygen atoms in total. The molecule has 4 aromatic rings. The molecule has 0 aliphatic rings. The van der Waals surface area contributed by atoms with Gasteiger partial charge in [-0.1, -0.05) is 77.6 Å². The zero-order valence-electron chi connectivity index (χ0n) is 13.5. The first-order valence-corrected chi connectivity index (χ1v) is 8.67. The molecule has 2 aromatic heterocycles. The summed E-state index contributed by atoms with van der Waals surface area (Å²) in [5.41, 5.74) is 1.97. The Hall–Kier alpha value is -2.93. The molecule has 0 aliphatic heterocycles. The highest BCUT2D eigenvalue weighted by molar-refractivity contribution is 7.99. The van der Waals surface area contributed by atoms with Crippen molar-refractivity contribution < 1.29 is 4.52 Å². The van der Waals surface area contributed by atoms with Crippen molar-refractivity contribution in [1.29, 1.82) is 0 Å². The predicted octanol–water partition coefficient (Wildman–Crippen LogP) is 4.04. The fourth-order valence-electron chi connectivity index (χ4n) is 2.42. The number of aromatic nitrogens is 5. The molecule has 4 rings (SSSR count). The Morgan fingerprint density at radius 2 is 1.68 bits per heavy atom. The molecule has 124 valence electrons. The molecule has 0 amide bonds. The number of nitrogens with zero attached hydrogens (tertiary/aromatic N) is 4. The second kappa shape index (κ2) is 6.90. The standard InChI is InChI=1S/C18H15N5OS/c1-12-19-18(22-21-12)25-15(13-8-4-2-5-9-13)17-20-16(23-24-17)14-10-6-3-7-11-14/h2-11,15H,1H3,(H,19,21,22)/t15-/m1/s1. The van der Waals surface area contributed by atoms with Crippen LogP contribution in [-0.2, 0) is 0 Å². The van der Waals surface area contributed by atoms with Crippen molar-refractivity contribution in [2.75, 3.05) is 0 Å². The first kappa shape index (κ1) is 15.6. The van der Waals surface area contributed by atoms with Crippen LogP contribution in [0.25, 0.3) is 11.4 Å². The van der Waals surface area contributed by atoms with Crippen LogP contribution in [0.5, 0.6) is 0 Å². The Morgan fingerprint density at radius 1 is 0.960 bits per heavy atom. The van der Waals surface area contributed by atoms with Gasteiger partial charge in [0.1, 0.15) is 11.1 Å². The van der Waals surface area contributed by atoms with Crippen LogP contribution in [0.3, 0.4) is 0 Å². The predicted molar refractivity (Wildman–Crippen MR) is 95.0 cm³/mol. The van der Waals surface area contributed by atoms with Gasteiger partial charge in [-0.25, -0.2) is 4.98 Å². The number of hydrogen-bond donors (Lipinski definition) is 1. The molecular weight excluding hydrogens is 334 g/mol. The molecule has 2 aromatic carbocycles. The fourth-order valence-corrected chi connectivity index (χ4v) is 3.40. The monoisotopic (exact) mass is 349 g/mol. The van der Waals surface area contributed by atoms with E-state index in [9.17, 15) is 0 Å². The normalized spacial score (nSPS) is 12.2. The summed E-state index contributed by atoms with van der Waals surface area (Å²) in [6.07, 6.45) is 0. The highest BCUT2D eigenvalue weighted by Crippen LogP contribution is 2.38. The SMILES string of the molecule is Cc1nc(S[C@H](c2ccccc2)c2nc(-c3ccccc3)no2)n[nH]1. The molecule has 0 saturated heterocycles. The van der Waals surface area contributed by atoms with Crippen LogP contribution in [0.15, 0.2) is 70.3 Å². The van der Waals surface area contributed by atoms with E-state index in [-0.39, 0.29) is 5.25 Å². The number of thioether (sulfide) groups is 1. The Balaban J connectivity index is 1.70. The third-order valence-corrected chi connectivity index (χ3v) is 4.70. The quantitative estimate of drug-likeness (QED) is 0.548. The minimum atomic E-state index is -0.179. The first-order valence-electron chi connectivity index (χ1n) is 7.79. The lowest BCUT2D eigenvalue weighted by Crippen LogP contribution is -1.98. The van der Waals surface area contributed by atoms with Gasteiger partial charge in [0.2, 0.25) is 16.9 Å². The number of aryl methyl sites for hydroxylation is 1. The van der Waals surface area contributed by atoms with Crippen LogP contribution in [-0.4, -0.2) is 25.3 Å². The molecule has 0 fully saturated rings. The third kappa shape index (κ3) is 3.46. The minimum absolute atomic E-state index is 0.179. The first-order chi connectivity index (χ1) is 12.3. The zero-order valence-corrected chi connectivity index (χ0v) is 14.3. The van der Waals surface area contributed by atoms with Gasteiger partial charge >= 0.3 is 0 Å². The molecule has 25 heavy (non-hydrogen) atoms. The summed E-state index contributed by atoms with van der Waals surface area (Å²) < 4.78 is 5.57. The summed E-state index contributed by atoms with van der Waals surface area (Å²) in [5, 5.41) is 11.7. The van der Waals surface area contributed by atoms with Gasteiger partial charge in [-0.2, -0.15) is 4.98 Å². The fraction of sp³-hybridized carbons (Fsp3) is 0.111. The molecule has 0 aliphatic carbocycles. The van der Waals surface area contributed by atoms with Crippen molar-refractivity contribution >= 4 is 11.8 Å². The summed E-state index contributed by atoms with van der Waals surface area (Å²) in [4.78, 5) is 8.97. The van der Waals surface area contributed by atoms with Crippen molar-refractivity contribution in [1.82, 2.24) is 25.3 Å². The van der Waals surface area contributed by atoms with Gasteiger partial charge in [-0.3, -0.25) is 5.10 Å². The van der Waals surface area contributed by atoms with Gasteiger partial charge in [0.15, 0.2) is 0 Å². The van der Waals surface area contributed by atoms with E-state index in [0.29, 0.717) is 16.9 Å². The lowest BCUT2D eigenvalue weighted by Gasteiger charge is -2.10. The second-order valence-electron chi connectivity index (χ2n) is 5.43.